The van der Waals surface area contributed by atoms with E-state index in [1.807, 2.05) is 0 Å². The molecule has 0 atom stereocenters. The first-order valence-electron chi connectivity index (χ1n) is 6.30. The number of para-hydroxylation sites is 1. The van der Waals surface area contributed by atoms with Crippen LogP contribution in [0.1, 0.15) is 30.6 Å². The summed E-state index contributed by atoms with van der Waals surface area (Å²) in [6.45, 7) is 6.31. The van der Waals surface area contributed by atoms with Crippen molar-refractivity contribution >= 4 is 17.8 Å². The van der Waals surface area contributed by atoms with Crippen molar-refractivity contribution in [2.75, 3.05) is 6.61 Å². The highest BCUT2D eigenvalue weighted by Crippen LogP contribution is 2.19. The zero-order valence-electron chi connectivity index (χ0n) is 12.0. The van der Waals surface area contributed by atoms with Gasteiger partial charge in [-0.1, -0.05) is 18.7 Å². The van der Waals surface area contributed by atoms with E-state index in [9.17, 15) is 14.4 Å². The lowest BCUT2D eigenvalue weighted by molar-refractivity contribution is -0.131. The first-order valence-corrected chi connectivity index (χ1v) is 6.30. The third-order valence-electron chi connectivity index (χ3n) is 2.35. The Morgan fingerprint density at radius 3 is 2.48 bits per heavy atom. The lowest BCUT2D eigenvalue weighted by Gasteiger charge is -2.10. The van der Waals surface area contributed by atoms with Gasteiger partial charge in [0.2, 0.25) is 5.91 Å². The van der Waals surface area contributed by atoms with Crippen LogP contribution in [0, 0.1) is 0 Å². The second kappa shape index (κ2) is 7.84. The Hall–Kier alpha value is -2.63. The van der Waals surface area contributed by atoms with Crippen LogP contribution in [0.5, 0.6) is 5.75 Å². The summed E-state index contributed by atoms with van der Waals surface area (Å²) in [6, 6.07) is 6.30. The summed E-state index contributed by atoms with van der Waals surface area (Å²) in [5.74, 6) is -1.21. The van der Waals surface area contributed by atoms with Crippen LogP contribution in [-0.2, 0) is 14.3 Å². The third-order valence-corrected chi connectivity index (χ3v) is 2.35. The maximum atomic E-state index is 11.9. The van der Waals surface area contributed by atoms with Crippen molar-refractivity contribution in [3.05, 3.63) is 42.1 Å². The summed E-state index contributed by atoms with van der Waals surface area (Å²) in [4.78, 5) is 33.7. The maximum absolute atomic E-state index is 11.9. The molecule has 0 aliphatic heterocycles. The predicted molar refractivity (Wildman–Crippen MR) is 75.6 cm³/mol. The molecule has 112 valence electrons. The van der Waals surface area contributed by atoms with Crippen LogP contribution in [0.3, 0.4) is 0 Å². The maximum Gasteiger partial charge on any atom is 0.341 e. The van der Waals surface area contributed by atoms with E-state index >= 15 is 0 Å². The summed E-state index contributed by atoms with van der Waals surface area (Å²) < 4.78 is 9.99. The minimum absolute atomic E-state index is 0.0619. The third kappa shape index (κ3) is 5.90. The van der Waals surface area contributed by atoms with Crippen LogP contribution < -0.4 is 10.1 Å². The average Bonchev–Trinajstić information content (AvgIpc) is 2.37. The van der Waals surface area contributed by atoms with E-state index in [2.05, 4.69) is 11.9 Å². The van der Waals surface area contributed by atoms with Crippen LogP contribution in [0.2, 0.25) is 0 Å². The largest absolute Gasteiger partial charge is 0.462 e. The Morgan fingerprint density at radius 1 is 1.19 bits per heavy atom. The molecular weight excluding hydrogens is 274 g/mol. The van der Waals surface area contributed by atoms with Crippen molar-refractivity contribution in [2.24, 2.45) is 0 Å². The van der Waals surface area contributed by atoms with E-state index < -0.39 is 11.9 Å². The topological polar surface area (TPSA) is 81.7 Å². The first kappa shape index (κ1) is 16.4. The summed E-state index contributed by atoms with van der Waals surface area (Å²) in [7, 11) is 0. The van der Waals surface area contributed by atoms with Gasteiger partial charge in [-0.3, -0.25) is 9.59 Å². The number of benzene rings is 1. The molecule has 1 aromatic rings. The van der Waals surface area contributed by atoms with Gasteiger partial charge in [0.1, 0.15) is 11.3 Å². The molecule has 0 aliphatic carbocycles. The van der Waals surface area contributed by atoms with Gasteiger partial charge in [0.25, 0.3) is 0 Å². The van der Waals surface area contributed by atoms with Gasteiger partial charge >= 0.3 is 11.9 Å². The van der Waals surface area contributed by atoms with Gasteiger partial charge in [-0.25, -0.2) is 4.79 Å². The van der Waals surface area contributed by atoms with Gasteiger partial charge in [0.15, 0.2) is 0 Å². The van der Waals surface area contributed by atoms with Gasteiger partial charge in [-0.15, -0.1) is 0 Å². The normalized spacial score (nSPS) is 9.62. The molecule has 21 heavy (non-hydrogen) atoms. The zero-order chi connectivity index (χ0) is 15.8. The summed E-state index contributed by atoms with van der Waals surface area (Å²) in [5, 5.41) is 2.50. The Morgan fingerprint density at radius 2 is 1.86 bits per heavy atom. The van der Waals surface area contributed by atoms with Gasteiger partial charge in [-0.05, 0) is 12.1 Å². The second-order valence-corrected chi connectivity index (χ2v) is 4.26. The molecule has 1 aromatic carbocycles. The van der Waals surface area contributed by atoms with Crippen molar-refractivity contribution < 1.29 is 23.9 Å². The molecule has 1 amide bonds. The van der Waals surface area contributed by atoms with Crippen molar-refractivity contribution in [3.8, 4) is 5.75 Å². The molecule has 0 heterocycles. The van der Waals surface area contributed by atoms with Gasteiger partial charge in [0.05, 0.1) is 6.61 Å². The highest BCUT2D eigenvalue weighted by molar-refractivity contribution is 5.93. The number of nitrogens with one attached hydrogen (secondary N) is 1. The molecule has 0 saturated heterocycles. The predicted octanol–water partition coefficient (Wildman–Crippen LogP) is 1.81. The van der Waals surface area contributed by atoms with E-state index in [1.54, 1.807) is 12.1 Å². The highest BCUT2D eigenvalue weighted by Gasteiger charge is 2.14. The Balaban J connectivity index is 2.58. The van der Waals surface area contributed by atoms with Crippen LogP contribution in [0.4, 0.5) is 0 Å². The van der Waals surface area contributed by atoms with Crippen LogP contribution in [-0.4, -0.2) is 24.5 Å². The molecular formula is C15H17NO5. The number of esters is 2. The molecule has 0 unspecified atom stereocenters. The SMILES string of the molecule is C=C(CCOC(=O)c1ccccc1OC(C)=O)NC(C)=O. The number of amides is 1. The molecule has 0 radical (unpaired) electrons. The summed E-state index contributed by atoms with van der Waals surface area (Å²) in [5.41, 5.74) is 0.626. The monoisotopic (exact) mass is 291 g/mol. The molecule has 0 aliphatic rings. The van der Waals surface area contributed by atoms with Crippen molar-refractivity contribution in [1.82, 2.24) is 5.32 Å². The van der Waals surface area contributed by atoms with Crippen molar-refractivity contribution in [1.29, 1.82) is 0 Å². The standard InChI is InChI=1S/C15H17NO5/c1-10(16-11(2)17)8-9-20-15(19)13-6-4-5-7-14(13)21-12(3)18/h4-7H,1,8-9H2,2-3H3,(H,16,17). The molecule has 6 heteroatoms. The minimum atomic E-state index is -0.609. The number of hydrogen-bond donors (Lipinski definition) is 1. The minimum Gasteiger partial charge on any atom is -0.462 e. The fourth-order valence-corrected chi connectivity index (χ4v) is 1.54. The highest BCUT2D eigenvalue weighted by atomic mass is 16.5. The van der Waals surface area contributed by atoms with E-state index in [0.29, 0.717) is 12.1 Å². The number of ether oxygens (including phenoxy) is 2. The molecule has 0 aromatic heterocycles. The van der Waals surface area contributed by atoms with Crippen molar-refractivity contribution in [2.45, 2.75) is 20.3 Å². The Bertz CT molecular complexity index is 565. The number of carbonyl (C=O) groups is 3. The van der Waals surface area contributed by atoms with Crippen molar-refractivity contribution in [3.63, 3.8) is 0 Å². The fraction of sp³-hybridized carbons (Fsp3) is 0.267. The van der Waals surface area contributed by atoms with Crippen LogP contribution in [0.25, 0.3) is 0 Å². The molecule has 0 bridgehead atoms. The first-order chi connectivity index (χ1) is 9.90. The zero-order valence-corrected chi connectivity index (χ0v) is 12.0. The molecule has 1 N–H and O–H groups in total. The Kier molecular flexibility index (Phi) is 6.13. The lowest BCUT2D eigenvalue weighted by atomic mass is 10.2. The Labute approximate surface area is 122 Å². The van der Waals surface area contributed by atoms with E-state index in [-0.39, 0.29) is 23.8 Å². The van der Waals surface area contributed by atoms with Gasteiger partial charge in [0, 0.05) is 26.0 Å². The summed E-state index contributed by atoms with van der Waals surface area (Å²) >= 11 is 0. The quantitative estimate of drug-likeness (QED) is 0.638. The molecule has 6 nitrogen and oxygen atoms in total. The van der Waals surface area contributed by atoms with E-state index in [0.717, 1.165) is 0 Å². The molecule has 1 rings (SSSR count). The molecule has 0 saturated carbocycles. The average molecular weight is 291 g/mol. The lowest BCUT2D eigenvalue weighted by Crippen LogP contribution is -2.20. The van der Waals surface area contributed by atoms with Crippen LogP contribution in [0.15, 0.2) is 36.5 Å². The second-order valence-electron chi connectivity index (χ2n) is 4.26. The number of carbonyl (C=O) groups excluding carboxylic acids is 3. The number of hydrogen-bond acceptors (Lipinski definition) is 5. The van der Waals surface area contributed by atoms with E-state index in [1.165, 1.54) is 26.0 Å². The number of rotatable bonds is 6. The smallest absolute Gasteiger partial charge is 0.341 e. The van der Waals surface area contributed by atoms with Gasteiger partial charge < -0.3 is 14.8 Å². The van der Waals surface area contributed by atoms with E-state index in [4.69, 9.17) is 9.47 Å². The van der Waals surface area contributed by atoms with Gasteiger partial charge in [-0.2, -0.15) is 0 Å². The fourth-order valence-electron chi connectivity index (χ4n) is 1.54. The molecule has 0 fully saturated rings. The summed E-state index contributed by atoms with van der Waals surface area (Å²) in [6.07, 6.45) is 0.307. The van der Waals surface area contributed by atoms with Crippen LogP contribution >= 0.6 is 0 Å². The molecule has 0 spiro atoms.